The predicted octanol–water partition coefficient (Wildman–Crippen LogP) is -0.919. The van der Waals surface area contributed by atoms with Crippen molar-refractivity contribution in [2.75, 3.05) is 25.4 Å². The van der Waals surface area contributed by atoms with Gasteiger partial charge in [-0.15, -0.1) is 0 Å². The Balaban J connectivity index is 0. The van der Waals surface area contributed by atoms with E-state index in [-0.39, 0.29) is 23.8 Å². The highest BCUT2D eigenvalue weighted by atomic mass is 35.5. The fourth-order valence-corrected chi connectivity index (χ4v) is 1.32. The Bertz CT molecular complexity index is 403. The maximum atomic E-state index is 10.6. The topological polar surface area (TPSA) is 136 Å². The average molecular weight is 347 g/mol. The molecule has 0 heterocycles. The second-order valence-corrected chi connectivity index (χ2v) is 6.33. The zero-order valence-electron chi connectivity index (χ0n) is 12.0. The normalized spacial score (nSPS) is 13.6. The number of hydrogen-bond acceptors (Lipinski definition) is 6. The highest BCUT2D eigenvalue weighted by molar-refractivity contribution is 7.85. The van der Waals surface area contributed by atoms with Gasteiger partial charge in [0.1, 0.15) is 0 Å². The first-order valence-corrected chi connectivity index (χ1v) is 8.09. The van der Waals surface area contributed by atoms with Gasteiger partial charge in [-0.2, -0.15) is 8.42 Å². The van der Waals surface area contributed by atoms with Gasteiger partial charge in [-0.05, 0) is 13.8 Å². The second-order valence-electron chi connectivity index (χ2n) is 4.30. The highest BCUT2D eigenvalue weighted by Gasteiger charge is 2.06. The van der Waals surface area contributed by atoms with Gasteiger partial charge in [0.15, 0.2) is 0 Å². The third-order valence-corrected chi connectivity index (χ3v) is 2.66. The fraction of sp³-hybridized carbons (Fsp3) is 0.727. The fourth-order valence-electron chi connectivity index (χ4n) is 0.891. The van der Waals surface area contributed by atoms with Crippen LogP contribution in [0.15, 0.2) is 11.6 Å². The summed E-state index contributed by atoms with van der Waals surface area (Å²) in [5.74, 6) is -1.19. The molecule has 126 valence electrons. The summed E-state index contributed by atoms with van der Waals surface area (Å²) in [6, 6.07) is 0. The van der Waals surface area contributed by atoms with E-state index < -0.39 is 21.8 Å². The molecule has 2 atom stereocenters. The molecule has 0 aromatic carbocycles. The molecule has 0 aromatic rings. The number of aliphatic hydroxyl groups is 2. The van der Waals surface area contributed by atoms with E-state index in [9.17, 15) is 13.2 Å². The molecule has 0 aliphatic carbocycles. The minimum atomic E-state index is -4.03. The van der Waals surface area contributed by atoms with E-state index in [0.717, 1.165) is 0 Å². The number of amides is 1. The molecule has 2 unspecified atom stereocenters. The van der Waals surface area contributed by atoms with Crippen molar-refractivity contribution in [2.45, 2.75) is 26.1 Å². The number of rotatable bonds is 8. The van der Waals surface area contributed by atoms with Gasteiger partial charge in [0, 0.05) is 19.6 Å². The molecule has 0 radical (unpaired) electrons. The first kappa shape index (κ1) is 22.6. The van der Waals surface area contributed by atoms with Crippen LogP contribution in [0.5, 0.6) is 0 Å². The molecule has 0 aromatic heterocycles. The number of nitrogens with one attached hydrogen (secondary N) is 2. The Kier molecular flexibility index (Phi) is 12.8. The summed E-state index contributed by atoms with van der Waals surface area (Å²) < 4.78 is 28.5. The van der Waals surface area contributed by atoms with Crippen molar-refractivity contribution in [1.82, 2.24) is 10.6 Å². The first-order chi connectivity index (χ1) is 9.45. The van der Waals surface area contributed by atoms with Crippen molar-refractivity contribution < 1.29 is 28.0 Å². The molecule has 0 aliphatic rings. The van der Waals surface area contributed by atoms with Crippen LogP contribution in [-0.2, 0) is 14.9 Å². The summed E-state index contributed by atoms with van der Waals surface area (Å²) in [5, 5.41) is 22.2. The Morgan fingerprint density at radius 2 is 1.67 bits per heavy atom. The van der Waals surface area contributed by atoms with Crippen LogP contribution in [-0.4, -0.2) is 66.7 Å². The molecule has 0 aliphatic heterocycles. The summed E-state index contributed by atoms with van der Waals surface area (Å²) in [6.45, 7) is 7.42. The maximum Gasteiger partial charge on any atom is 0.266 e. The van der Waals surface area contributed by atoms with Crippen molar-refractivity contribution in [3.05, 3.63) is 11.6 Å². The smallest absolute Gasteiger partial charge is 0.266 e. The minimum Gasteiger partial charge on any atom is -0.392 e. The van der Waals surface area contributed by atoms with Gasteiger partial charge in [-0.3, -0.25) is 9.35 Å². The van der Waals surface area contributed by atoms with Gasteiger partial charge in [0.25, 0.3) is 16.0 Å². The van der Waals surface area contributed by atoms with E-state index >= 15 is 0 Å². The number of hydrogen-bond donors (Lipinski definition) is 5. The van der Waals surface area contributed by atoms with E-state index in [1.165, 1.54) is 0 Å². The average Bonchev–Trinajstić information content (AvgIpc) is 2.26. The van der Waals surface area contributed by atoms with Crippen LogP contribution in [0.3, 0.4) is 0 Å². The molecule has 0 rings (SSSR count). The standard InChI is InChI=1S/C6H15NO2.C5H8ClNO4S/c1-5(8)3-7-4-6(2)9;1-4(6)5(8)7-2-3-12(9,10)11/h5-9H,3-4H2,1-2H3;1-3H2,(H,7,8)(H,9,10,11). The molecule has 0 fully saturated rings. The molecular formula is C11H23ClN2O6S. The van der Waals surface area contributed by atoms with Crippen LogP contribution in [0.2, 0.25) is 0 Å². The van der Waals surface area contributed by atoms with Crippen LogP contribution in [0.1, 0.15) is 13.8 Å². The summed E-state index contributed by atoms with van der Waals surface area (Å²) in [6.07, 6.45) is -0.660. The van der Waals surface area contributed by atoms with Gasteiger partial charge in [0.05, 0.1) is 23.0 Å². The molecule has 5 N–H and O–H groups in total. The van der Waals surface area contributed by atoms with Crippen LogP contribution < -0.4 is 10.6 Å². The van der Waals surface area contributed by atoms with Crippen LogP contribution in [0.4, 0.5) is 0 Å². The number of carbonyl (C=O) groups is 1. The van der Waals surface area contributed by atoms with Gasteiger partial charge >= 0.3 is 0 Å². The Morgan fingerprint density at radius 3 is 1.95 bits per heavy atom. The summed E-state index contributed by atoms with van der Waals surface area (Å²) in [4.78, 5) is 10.6. The zero-order chi connectivity index (χ0) is 17.1. The lowest BCUT2D eigenvalue weighted by Crippen LogP contribution is -2.30. The second kappa shape index (κ2) is 11.9. The molecule has 0 saturated heterocycles. The largest absolute Gasteiger partial charge is 0.392 e. The quantitative estimate of drug-likeness (QED) is 0.283. The van der Waals surface area contributed by atoms with E-state index in [2.05, 4.69) is 17.2 Å². The van der Waals surface area contributed by atoms with E-state index in [4.69, 9.17) is 26.4 Å². The maximum absolute atomic E-state index is 10.6. The Morgan fingerprint density at radius 1 is 1.24 bits per heavy atom. The Hall–Kier alpha value is -0.710. The predicted molar refractivity (Wildman–Crippen MR) is 80.6 cm³/mol. The molecule has 21 heavy (non-hydrogen) atoms. The third kappa shape index (κ3) is 21.7. The van der Waals surface area contributed by atoms with Gasteiger partial charge < -0.3 is 20.8 Å². The van der Waals surface area contributed by atoms with Gasteiger partial charge in [-0.1, -0.05) is 18.2 Å². The summed E-state index contributed by atoms with van der Waals surface area (Å²) >= 11 is 5.16. The summed E-state index contributed by atoms with van der Waals surface area (Å²) in [5.41, 5.74) is 0. The summed E-state index contributed by atoms with van der Waals surface area (Å²) in [7, 11) is -4.03. The third-order valence-electron chi connectivity index (χ3n) is 1.77. The molecule has 8 nitrogen and oxygen atoms in total. The zero-order valence-corrected chi connectivity index (χ0v) is 13.6. The van der Waals surface area contributed by atoms with Crippen molar-refractivity contribution in [2.24, 2.45) is 0 Å². The van der Waals surface area contributed by atoms with Crippen molar-refractivity contribution in [1.29, 1.82) is 0 Å². The van der Waals surface area contributed by atoms with Gasteiger partial charge in [-0.25, -0.2) is 0 Å². The first-order valence-electron chi connectivity index (χ1n) is 6.10. The highest BCUT2D eigenvalue weighted by Crippen LogP contribution is 1.94. The van der Waals surface area contributed by atoms with Crippen LogP contribution >= 0.6 is 11.6 Å². The lowest BCUT2D eigenvalue weighted by atomic mass is 10.3. The lowest BCUT2D eigenvalue weighted by Gasteiger charge is -2.07. The molecule has 1 amide bonds. The number of halogens is 1. The molecular weight excluding hydrogens is 324 g/mol. The molecule has 0 spiro atoms. The number of aliphatic hydroxyl groups excluding tert-OH is 2. The lowest BCUT2D eigenvalue weighted by molar-refractivity contribution is -0.116. The van der Waals surface area contributed by atoms with E-state index in [0.29, 0.717) is 13.1 Å². The van der Waals surface area contributed by atoms with Crippen molar-refractivity contribution in [3.8, 4) is 0 Å². The van der Waals surface area contributed by atoms with Crippen molar-refractivity contribution in [3.63, 3.8) is 0 Å². The monoisotopic (exact) mass is 346 g/mol. The van der Waals surface area contributed by atoms with Gasteiger partial charge in [0.2, 0.25) is 0 Å². The minimum absolute atomic E-state index is 0.191. The number of carbonyl (C=O) groups excluding carboxylic acids is 1. The van der Waals surface area contributed by atoms with Crippen LogP contribution in [0, 0.1) is 0 Å². The van der Waals surface area contributed by atoms with E-state index in [1.54, 1.807) is 13.8 Å². The molecule has 0 bridgehead atoms. The van der Waals surface area contributed by atoms with E-state index in [1.807, 2.05) is 0 Å². The molecule has 0 saturated carbocycles. The Labute approximate surface area is 129 Å². The SMILES string of the molecule is C=C(Cl)C(=O)NCCS(=O)(=O)O.CC(O)CNCC(C)O. The van der Waals surface area contributed by atoms with Crippen molar-refractivity contribution >= 4 is 27.6 Å². The van der Waals surface area contributed by atoms with Crippen LogP contribution in [0.25, 0.3) is 0 Å². The molecule has 10 heteroatoms.